The van der Waals surface area contributed by atoms with Crippen molar-refractivity contribution in [2.24, 2.45) is 0 Å². The van der Waals surface area contributed by atoms with Gasteiger partial charge in [0, 0.05) is 56.7 Å². The zero-order valence-electron chi connectivity index (χ0n) is 17.2. The number of rotatable bonds is 4. The van der Waals surface area contributed by atoms with Gasteiger partial charge in [-0.1, -0.05) is 18.2 Å². The molecule has 0 atom stereocenters. The van der Waals surface area contributed by atoms with Crippen molar-refractivity contribution in [1.82, 2.24) is 24.5 Å². The Kier molecular flexibility index (Phi) is 5.06. The van der Waals surface area contributed by atoms with Crippen LogP contribution in [0.4, 0.5) is 11.5 Å². The second-order valence-electron chi connectivity index (χ2n) is 8.14. The molecule has 0 radical (unpaired) electrons. The van der Waals surface area contributed by atoms with Crippen LogP contribution in [0.5, 0.6) is 0 Å². The van der Waals surface area contributed by atoms with E-state index in [-0.39, 0.29) is 0 Å². The molecule has 2 aliphatic rings. The van der Waals surface area contributed by atoms with Crippen LogP contribution in [-0.2, 0) is 6.54 Å². The molecule has 29 heavy (non-hydrogen) atoms. The van der Waals surface area contributed by atoms with E-state index in [4.69, 9.17) is 10.1 Å². The largest absolute Gasteiger partial charge is 0.369 e. The predicted molar refractivity (Wildman–Crippen MR) is 116 cm³/mol. The van der Waals surface area contributed by atoms with Crippen LogP contribution in [0.15, 0.2) is 36.4 Å². The van der Waals surface area contributed by atoms with E-state index in [9.17, 15) is 0 Å². The Morgan fingerprint density at radius 2 is 1.59 bits per heavy atom. The standard InChI is InChI=1S/C22H29N7/c1-18-16-21(28-10-6-3-7-11-28)29-22(23-18)24-20(25-29)17-26-12-14-27(15-13-26)19-8-4-2-5-9-19/h2,4-5,8-9,16H,3,6-7,10-15,17H2,1H3. The van der Waals surface area contributed by atoms with Crippen LogP contribution >= 0.6 is 0 Å². The number of benzene rings is 1. The fraction of sp³-hybridized carbons (Fsp3) is 0.500. The second-order valence-corrected chi connectivity index (χ2v) is 8.14. The van der Waals surface area contributed by atoms with Crippen LogP contribution in [0.2, 0.25) is 0 Å². The molecule has 0 N–H and O–H groups in total. The Hall–Kier alpha value is -2.67. The molecule has 2 saturated heterocycles. The molecule has 0 spiro atoms. The summed E-state index contributed by atoms with van der Waals surface area (Å²) in [5.41, 5.74) is 2.32. The summed E-state index contributed by atoms with van der Waals surface area (Å²) >= 11 is 0. The topological polar surface area (TPSA) is 52.8 Å². The fourth-order valence-corrected chi connectivity index (χ4v) is 4.43. The first-order valence-corrected chi connectivity index (χ1v) is 10.8. The van der Waals surface area contributed by atoms with Gasteiger partial charge < -0.3 is 9.80 Å². The minimum absolute atomic E-state index is 0.725. The van der Waals surface area contributed by atoms with E-state index in [1.54, 1.807) is 0 Å². The molecule has 0 aliphatic carbocycles. The highest BCUT2D eigenvalue weighted by Crippen LogP contribution is 2.22. The normalized spacial score (nSPS) is 18.5. The third kappa shape index (κ3) is 3.92. The van der Waals surface area contributed by atoms with Gasteiger partial charge >= 0.3 is 0 Å². The number of hydrogen-bond donors (Lipinski definition) is 0. The van der Waals surface area contributed by atoms with Crippen LogP contribution in [-0.4, -0.2) is 63.8 Å². The molecule has 0 saturated carbocycles. The Morgan fingerprint density at radius 3 is 2.34 bits per heavy atom. The van der Waals surface area contributed by atoms with Gasteiger partial charge in [-0.05, 0) is 38.3 Å². The van der Waals surface area contributed by atoms with Gasteiger partial charge in [0.05, 0.1) is 6.54 Å². The predicted octanol–water partition coefficient (Wildman–Crippen LogP) is 2.75. The number of aromatic nitrogens is 4. The van der Waals surface area contributed by atoms with E-state index in [1.165, 1.54) is 24.9 Å². The highest BCUT2D eigenvalue weighted by Gasteiger charge is 2.21. The average Bonchev–Trinajstić information content (AvgIpc) is 3.17. The van der Waals surface area contributed by atoms with Gasteiger partial charge in [-0.15, -0.1) is 5.10 Å². The molecule has 7 heteroatoms. The molecule has 4 heterocycles. The highest BCUT2D eigenvalue weighted by atomic mass is 15.4. The third-order valence-corrected chi connectivity index (χ3v) is 6.00. The Morgan fingerprint density at radius 1 is 0.828 bits per heavy atom. The van der Waals surface area contributed by atoms with Gasteiger partial charge in [0.2, 0.25) is 0 Å². The Balaban J connectivity index is 1.30. The first-order valence-electron chi connectivity index (χ1n) is 10.8. The number of piperidine rings is 1. The second kappa shape index (κ2) is 7.99. The molecule has 0 bridgehead atoms. The number of para-hydroxylation sites is 1. The minimum Gasteiger partial charge on any atom is -0.369 e. The van der Waals surface area contributed by atoms with Gasteiger partial charge in [-0.25, -0.2) is 4.98 Å². The molecule has 0 unspecified atom stereocenters. The molecule has 5 rings (SSSR count). The maximum absolute atomic E-state index is 4.85. The highest BCUT2D eigenvalue weighted by molar-refractivity contribution is 5.48. The summed E-state index contributed by atoms with van der Waals surface area (Å²) in [5.74, 6) is 2.73. The molecule has 7 nitrogen and oxygen atoms in total. The van der Waals surface area contributed by atoms with E-state index < -0.39 is 0 Å². The van der Waals surface area contributed by atoms with Crippen LogP contribution in [0.25, 0.3) is 5.78 Å². The summed E-state index contributed by atoms with van der Waals surface area (Å²) in [4.78, 5) is 16.7. The van der Waals surface area contributed by atoms with Crippen LogP contribution in [0.3, 0.4) is 0 Å². The van der Waals surface area contributed by atoms with Crippen molar-refractivity contribution in [1.29, 1.82) is 0 Å². The number of fused-ring (bicyclic) bond motifs is 1. The first kappa shape index (κ1) is 18.4. The molecule has 2 aromatic heterocycles. The molecular weight excluding hydrogens is 362 g/mol. The monoisotopic (exact) mass is 391 g/mol. The van der Waals surface area contributed by atoms with E-state index in [0.717, 1.165) is 68.9 Å². The van der Waals surface area contributed by atoms with Gasteiger partial charge in [-0.3, -0.25) is 4.90 Å². The smallest absolute Gasteiger partial charge is 0.254 e. The van der Waals surface area contributed by atoms with Gasteiger partial charge in [0.25, 0.3) is 5.78 Å². The molecule has 0 amide bonds. The van der Waals surface area contributed by atoms with Crippen molar-refractivity contribution in [2.45, 2.75) is 32.7 Å². The van der Waals surface area contributed by atoms with E-state index in [2.05, 4.69) is 56.1 Å². The molecular formula is C22H29N7. The lowest BCUT2D eigenvalue weighted by molar-refractivity contribution is 0.244. The molecule has 1 aromatic carbocycles. The average molecular weight is 392 g/mol. The van der Waals surface area contributed by atoms with Crippen molar-refractivity contribution in [3.05, 3.63) is 47.9 Å². The summed E-state index contributed by atoms with van der Waals surface area (Å²) in [6.45, 7) is 9.13. The van der Waals surface area contributed by atoms with Gasteiger partial charge in [0.1, 0.15) is 5.82 Å². The number of anilines is 2. The fourth-order valence-electron chi connectivity index (χ4n) is 4.43. The van der Waals surface area contributed by atoms with Gasteiger partial charge in [0.15, 0.2) is 5.82 Å². The number of nitrogens with zero attached hydrogens (tertiary/aromatic N) is 7. The maximum atomic E-state index is 4.85. The number of hydrogen-bond acceptors (Lipinski definition) is 6. The molecule has 3 aromatic rings. The van der Waals surface area contributed by atoms with Crippen LogP contribution in [0, 0.1) is 6.92 Å². The van der Waals surface area contributed by atoms with Crippen molar-refractivity contribution in [3.63, 3.8) is 0 Å². The molecule has 2 aliphatic heterocycles. The molecule has 2 fully saturated rings. The SMILES string of the molecule is Cc1cc(N2CCCCC2)n2nc(CN3CCN(c4ccccc4)CC3)nc2n1. The van der Waals surface area contributed by atoms with E-state index >= 15 is 0 Å². The summed E-state index contributed by atoms with van der Waals surface area (Å²) in [5, 5.41) is 4.85. The zero-order valence-corrected chi connectivity index (χ0v) is 17.2. The zero-order chi connectivity index (χ0) is 19.6. The van der Waals surface area contributed by atoms with Gasteiger partial charge in [-0.2, -0.15) is 9.50 Å². The first-order chi connectivity index (χ1) is 14.3. The summed E-state index contributed by atoms with van der Waals surface area (Å²) < 4.78 is 1.95. The Bertz CT molecular complexity index is 954. The Labute approximate surface area is 172 Å². The van der Waals surface area contributed by atoms with Crippen molar-refractivity contribution < 1.29 is 0 Å². The van der Waals surface area contributed by atoms with Crippen molar-refractivity contribution in [3.8, 4) is 0 Å². The number of piperazine rings is 1. The summed E-state index contributed by atoms with van der Waals surface area (Å²) in [7, 11) is 0. The van der Waals surface area contributed by atoms with Crippen molar-refractivity contribution in [2.75, 3.05) is 49.1 Å². The molecule has 152 valence electrons. The van der Waals surface area contributed by atoms with Crippen LogP contribution in [0.1, 0.15) is 30.8 Å². The minimum atomic E-state index is 0.725. The van der Waals surface area contributed by atoms with E-state index in [0.29, 0.717) is 0 Å². The summed E-state index contributed by atoms with van der Waals surface area (Å²) in [6.07, 6.45) is 3.81. The number of aryl methyl sites for hydroxylation is 1. The van der Waals surface area contributed by atoms with Crippen molar-refractivity contribution >= 4 is 17.3 Å². The summed E-state index contributed by atoms with van der Waals surface area (Å²) in [6, 6.07) is 12.8. The third-order valence-electron chi connectivity index (χ3n) is 6.00. The maximum Gasteiger partial charge on any atom is 0.254 e. The van der Waals surface area contributed by atoms with Crippen LogP contribution < -0.4 is 9.80 Å². The lowest BCUT2D eigenvalue weighted by atomic mass is 10.1. The quantitative estimate of drug-likeness (QED) is 0.682. The van der Waals surface area contributed by atoms with E-state index in [1.807, 2.05) is 11.4 Å². The lowest BCUT2D eigenvalue weighted by Crippen LogP contribution is -2.46. The lowest BCUT2D eigenvalue weighted by Gasteiger charge is -2.35.